The van der Waals surface area contributed by atoms with Gasteiger partial charge in [0.25, 0.3) is 11.7 Å². The van der Waals surface area contributed by atoms with Crippen molar-refractivity contribution in [2.75, 3.05) is 37.0 Å². The van der Waals surface area contributed by atoms with Crippen LogP contribution in [0.15, 0.2) is 18.2 Å². The molecule has 0 spiro atoms. The van der Waals surface area contributed by atoms with E-state index in [1.54, 1.807) is 20.2 Å². The molecule has 3 rings (SSSR count). The van der Waals surface area contributed by atoms with Crippen molar-refractivity contribution < 1.29 is 14.3 Å². The Morgan fingerprint density at radius 1 is 1.20 bits per heavy atom. The molecule has 0 atom stereocenters. The third-order valence-corrected chi connectivity index (χ3v) is 4.23. The highest BCUT2D eigenvalue weighted by atomic mass is 16.5. The van der Waals surface area contributed by atoms with Gasteiger partial charge in [-0.25, -0.2) is 0 Å². The van der Waals surface area contributed by atoms with Gasteiger partial charge in [0.2, 0.25) is 0 Å². The van der Waals surface area contributed by atoms with E-state index in [0.717, 1.165) is 31.6 Å². The summed E-state index contributed by atoms with van der Waals surface area (Å²) in [6.07, 6.45) is 2.34. The van der Waals surface area contributed by atoms with E-state index in [2.05, 4.69) is 4.90 Å². The minimum absolute atomic E-state index is 0.339. The Morgan fingerprint density at radius 2 is 1.90 bits per heavy atom. The Bertz CT molecular complexity index is 562. The van der Waals surface area contributed by atoms with Gasteiger partial charge in [0.05, 0.1) is 17.4 Å². The number of nitrogens with zero attached hydrogens (tertiary/aromatic N) is 2. The van der Waals surface area contributed by atoms with Crippen molar-refractivity contribution in [3.05, 3.63) is 23.8 Å². The lowest BCUT2D eigenvalue weighted by molar-refractivity contribution is -0.114. The van der Waals surface area contributed by atoms with Gasteiger partial charge in [-0.2, -0.15) is 0 Å². The van der Waals surface area contributed by atoms with Crippen molar-refractivity contribution in [3.8, 4) is 0 Å². The standard InChI is InChI=1S/C15H18N2O3/c1-16-13-9-10(3-4-12(13)14(18)15(16)19)17-7-5-11(20-2)6-8-17/h3-4,9,11H,5-8H2,1-2H3. The number of anilines is 2. The number of carbonyl (C=O) groups excluding carboxylic acids is 2. The molecule has 1 amide bonds. The number of rotatable bonds is 2. The van der Waals surface area contributed by atoms with Gasteiger partial charge in [-0.05, 0) is 31.0 Å². The molecule has 2 heterocycles. The van der Waals surface area contributed by atoms with Crippen molar-refractivity contribution in [1.29, 1.82) is 0 Å². The average molecular weight is 274 g/mol. The fourth-order valence-electron chi connectivity index (χ4n) is 2.91. The summed E-state index contributed by atoms with van der Waals surface area (Å²) < 4.78 is 5.37. The lowest BCUT2D eigenvalue weighted by Crippen LogP contribution is -2.36. The second-order valence-electron chi connectivity index (χ2n) is 5.32. The lowest BCUT2D eigenvalue weighted by Gasteiger charge is -2.33. The first-order valence-electron chi connectivity index (χ1n) is 6.86. The predicted octanol–water partition coefficient (Wildman–Crippen LogP) is 1.46. The smallest absolute Gasteiger partial charge is 0.299 e. The average Bonchev–Trinajstić information content (AvgIpc) is 2.72. The van der Waals surface area contributed by atoms with E-state index in [1.807, 2.05) is 12.1 Å². The number of hydrogen-bond acceptors (Lipinski definition) is 4. The van der Waals surface area contributed by atoms with Crippen LogP contribution in [-0.4, -0.2) is 45.0 Å². The highest BCUT2D eigenvalue weighted by Crippen LogP contribution is 2.32. The van der Waals surface area contributed by atoms with E-state index in [9.17, 15) is 9.59 Å². The lowest BCUT2D eigenvalue weighted by atomic mass is 10.1. The van der Waals surface area contributed by atoms with Crippen LogP contribution in [0.4, 0.5) is 11.4 Å². The Labute approximate surface area is 118 Å². The van der Waals surface area contributed by atoms with Crippen LogP contribution in [0.1, 0.15) is 23.2 Å². The van der Waals surface area contributed by atoms with Gasteiger partial charge in [-0.15, -0.1) is 0 Å². The maximum atomic E-state index is 11.8. The molecule has 0 aromatic heterocycles. The molecule has 5 heteroatoms. The molecule has 0 unspecified atom stereocenters. The highest BCUT2D eigenvalue weighted by molar-refractivity contribution is 6.52. The monoisotopic (exact) mass is 274 g/mol. The summed E-state index contributed by atoms with van der Waals surface area (Å²) in [5, 5.41) is 0. The summed E-state index contributed by atoms with van der Waals surface area (Å²) in [5.41, 5.74) is 2.28. The fraction of sp³-hybridized carbons (Fsp3) is 0.467. The summed E-state index contributed by atoms with van der Waals surface area (Å²) in [6.45, 7) is 1.87. The van der Waals surface area contributed by atoms with Crippen LogP contribution in [0, 0.1) is 0 Å². The number of ether oxygens (including phenoxy) is 1. The van der Waals surface area contributed by atoms with Gasteiger partial charge in [-0.1, -0.05) is 0 Å². The van der Waals surface area contributed by atoms with E-state index in [0.29, 0.717) is 17.4 Å². The molecule has 106 valence electrons. The van der Waals surface area contributed by atoms with Crippen molar-refractivity contribution >= 4 is 23.1 Å². The molecule has 1 aromatic carbocycles. The molecule has 0 N–H and O–H groups in total. The van der Waals surface area contributed by atoms with Gasteiger partial charge in [0.15, 0.2) is 0 Å². The van der Waals surface area contributed by atoms with Crippen LogP contribution in [-0.2, 0) is 9.53 Å². The van der Waals surface area contributed by atoms with Crippen LogP contribution < -0.4 is 9.80 Å². The summed E-state index contributed by atoms with van der Waals surface area (Å²) >= 11 is 0. The van der Waals surface area contributed by atoms with Crippen molar-refractivity contribution in [2.24, 2.45) is 0 Å². The number of fused-ring (bicyclic) bond motifs is 1. The third-order valence-electron chi connectivity index (χ3n) is 4.23. The van der Waals surface area contributed by atoms with Gasteiger partial charge < -0.3 is 14.5 Å². The number of amides is 1. The first-order chi connectivity index (χ1) is 9.61. The number of methoxy groups -OCH3 is 1. The quantitative estimate of drug-likeness (QED) is 0.766. The number of piperidine rings is 1. The molecule has 0 radical (unpaired) electrons. The zero-order valence-corrected chi connectivity index (χ0v) is 11.8. The minimum atomic E-state index is -0.449. The second-order valence-corrected chi connectivity index (χ2v) is 5.32. The van der Waals surface area contributed by atoms with Crippen LogP contribution in [0.25, 0.3) is 0 Å². The number of likely N-dealkylation sites (N-methyl/N-ethyl adjacent to an activating group) is 1. The van der Waals surface area contributed by atoms with Crippen LogP contribution >= 0.6 is 0 Å². The number of Topliss-reactive ketones (excluding diaryl/α,β-unsaturated/α-hetero) is 1. The van der Waals surface area contributed by atoms with Crippen molar-refractivity contribution in [3.63, 3.8) is 0 Å². The summed E-state index contributed by atoms with van der Waals surface area (Å²) in [4.78, 5) is 27.1. The zero-order valence-electron chi connectivity index (χ0n) is 11.8. The SMILES string of the molecule is COC1CCN(c2ccc3c(c2)N(C)C(=O)C3=O)CC1. The molecule has 0 aliphatic carbocycles. The van der Waals surface area contributed by atoms with E-state index >= 15 is 0 Å². The molecule has 5 nitrogen and oxygen atoms in total. The first-order valence-corrected chi connectivity index (χ1v) is 6.86. The third kappa shape index (κ3) is 1.98. The molecule has 2 aliphatic rings. The maximum absolute atomic E-state index is 11.8. The van der Waals surface area contributed by atoms with E-state index in [4.69, 9.17) is 4.74 Å². The molecular formula is C15H18N2O3. The molecule has 2 aliphatic heterocycles. The van der Waals surface area contributed by atoms with Gasteiger partial charge >= 0.3 is 0 Å². The molecule has 1 saturated heterocycles. The van der Waals surface area contributed by atoms with E-state index in [-0.39, 0.29) is 0 Å². The summed E-state index contributed by atoms with van der Waals surface area (Å²) in [7, 11) is 3.40. The van der Waals surface area contributed by atoms with Crippen molar-refractivity contribution in [1.82, 2.24) is 0 Å². The van der Waals surface area contributed by atoms with E-state index in [1.165, 1.54) is 4.90 Å². The normalized spacial score (nSPS) is 19.7. The van der Waals surface area contributed by atoms with Gasteiger partial charge in [0, 0.05) is 32.9 Å². The van der Waals surface area contributed by atoms with Crippen molar-refractivity contribution in [2.45, 2.75) is 18.9 Å². The largest absolute Gasteiger partial charge is 0.381 e. The van der Waals surface area contributed by atoms with Crippen LogP contribution in [0.3, 0.4) is 0 Å². The number of benzene rings is 1. The predicted molar refractivity (Wildman–Crippen MR) is 76.4 cm³/mol. The van der Waals surface area contributed by atoms with Gasteiger partial charge in [0.1, 0.15) is 0 Å². The first kappa shape index (κ1) is 13.1. The number of hydrogen-bond donors (Lipinski definition) is 0. The maximum Gasteiger partial charge on any atom is 0.299 e. The van der Waals surface area contributed by atoms with Crippen LogP contribution in [0.2, 0.25) is 0 Å². The van der Waals surface area contributed by atoms with Gasteiger partial charge in [-0.3, -0.25) is 9.59 Å². The number of carbonyl (C=O) groups is 2. The highest BCUT2D eigenvalue weighted by Gasteiger charge is 2.33. The summed E-state index contributed by atoms with van der Waals surface area (Å²) in [5.74, 6) is -0.859. The Balaban J connectivity index is 1.84. The molecule has 0 saturated carbocycles. The Morgan fingerprint density at radius 3 is 2.55 bits per heavy atom. The fourth-order valence-corrected chi connectivity index (χ4v) is 2.91. The summed E-state index contributed by atoms with van der Waals surface area (Å²) in [6, 6.07) is 5.62. The molecular weight excluding hydrogens is 256 g/mol. The molecule has 1 fully saturated rings. The number of ketones is 1. The zero-order chi connectivity index (χ0) is 14.3. The second kappa shape index (κ2) is 4.90. The Kier molecular flexibility index (Phi) is 3.22. The van der Waals surface area contributed by atoms with E-state index < -0.39 is 11.7 Å². The van der Waals surface area contributed by atoms with Crippen LogP contribution in [0.5, 0.6) is 0 Å². The molecule has 1 aromatic rings. The minimum Gasteiger partial charge on any atom is -0.381 e. The molecule has 20 heavy (non-hydrogen) atoms. The topological polar surface area (TPSA) is 49.9 Å². The molecule has 0 bridgehead atoms. The Hall–Kier alpha value is -1.88.